The van der Waals surface area contributed by atoms with Gasteiger partial charge in [-0.2, -0.15) is 0 Å². The van der Waals surface area contributed by atoms with Crippen LogP contribution in [0.3, 0.4) is 0 Å². The fraction of sp³-hybridized carbons (Fsp3) is 0.0833. The van der Waals surface area contributed by atoms with Crippen LogP contribution in [0.2, 0.25) is 4.34 Å². The minimum atomic E-state index is -3.60. The Morgan fingerprint density at radius 2 is 2.10 bits per heavy atom. The predicted octanol–water partition coefficient (Wildman–Crippen LogP) is 3.09. The van der Waals surface area contributed by atoms with E-state index in [1.165, 1.54) is 6.07 Å². The van der Waals surface area contributed by atoms with E-state index in [2.05, 4.69) is 9.71 Å². The van der Waals surface area contributed by atoms with E-state index in [4.69, 9.17) is 11.6 Å². The molecule has 1 aromatic carbocycles. The molecule has 5 nitrogen and oxygen atoms in total. The highest BCUT2D eigenvalue weighted by molar-refractivity contribution is 7.94. The molecule has 0 aliphatic rings. The van der Waals surface area contributed by atoms with Crippen molar-refractivity contribution in [1.82, 2.24) is 9.55 Å². The quantitative estimate of drug-likeness (QED) is 0.804. The molecule has 3 rings (SSSR count). The second-order valence-electron chi connectivity index (χ2n) is 4.22. The lowest BCUT2D eigenvalue weighted by atomic mass is 10.3. The maximum absolute atomic E-state index is 12.2. The monoisotopic (exact) mass is 327 g/mol. The molecule has 0 amide bonds. The molecule has 0 fully saturated rings. The van der Waals surface area contributed by atoms with Crippen LogP contribution >= 0.6 is 22.9 Å². The number of rotatable bonds is 3. The highest BCUT2D eigenvalue weighted by atomic mass is 35.5. The molecular weight excluding hydrogens is 318 g/mol. The van der Waals surface area contributed by atoms with Gasteiger partial charge in [0.15, 0.2) is 0 Å². The lowest BCUT2D eigenvalue weighted by Gasteiger charge is -2.06. The van der Waals surface area contributed by atoms with Crippen molar-refractivity contribution in [2.24, 2.45) is 7.05 Å². The minimum absolute atomic E-state index is 0.184. The number of sulfonamides is 1. The summed E-state index contributed by atoms with van der Waals surface area (Å²) in [4.78, 5) is 4.20. The van der Waals surface area contributed by atoms with Gasteiger partial charge >= 0.3 is 0 Å². The maximum atomic E-state index is 12.2. The molecule has 2 heterocycles. The summed E-state index contributed by atoms with van der Waals surface area (Å²) >= 11 is 6.78. The Morgan fingerprint density at radius 3 is 2.80 bits per heavy atom. The lowest BCUT2D eigenvalue weighted by Crippen LogP contribution is -2.11. The molecule has 104 valence electrons. The van der Waals surface area contributed by atoms with Crippen LogP contribution in [0.25, 0.3) is 11.0 Å². The van der Waals surface area contributed by atoms with Gasteiger partial charge in [-0.25, -0.2) is 13.4 Å². The molecule has 0 radical (unpaired) electrons. The minimum Gasteiger partial charge on any atom is -0.334 e. The molecule has 0 unspecified atom stereocenters. The molecule has 0 saturated carbocycles. The summed E-state index contributed by atoms with van der Waals surface area (Å²) < 4.78 is 29.4. The Morgan fingerprint density at radius 1 is 1.30 bits per heavy atom. The molecule has 0 atom stereocenters. The van der Waals surface area contributed by atoms with Crippen LogP contribution in [-0.2, 0) is 17.1 Å². The van der Waals surface area contributed by atoms with Gasteiger partial charge in [0.25, 0.3) is 10.0 Å². The van der Waals surface area contributed by atoms with E-state index >= 15 is 0 Å². The maximum Gasteiger partial charge on any atom is 0.271 e. The molecular formula is C12H10ClN3O2S2. The number of anilines is 1. The van der Waals surface area contributed by atoms with E-state index in [1.807, 2.05) is 17.7 Å². The normalized spacial score (nSPS) is 11.9. The zero-order chi connectivity index (χ0) is 14.3. The van der Waals surface area contributed by atoms with Crippen LogP contribution in [0.4, 0.5) is 5.69 Å². The number of hydrogen-bond donors (Lipinski definition) is 1. The third-order valence-electron chi connectivity index (χ3n) is 2.79. The van der Waals surface area contributed by atoms with E-state index in [-0.39, 0.29) is 4.21 Å². The van der Waals surface area contributed by atoms with Crippen molar-refractivity contribution in [2.75, 3.05) is 4.72 Å². The van der Waals surface area contributed by atoms with Gasteiger partial charge in [0.1, 0.15) is 4.21 Å². The number of nitrogens with one attached hydrogen (secondary N) is 1. The first kappa shape index (κ1) is 13.4. The van der Waals surface area contributed by atoms with E-state index in [9.17, 15) is 8.42 Å². The molecule has 0 spiro atoms. The number of benzene rings is 1. The summed E-state index contributed by atoms with van der Waals surface area (Å²) in [7, 11) is -1.72. The van der Waals surface area contributed by atoms with Gasteiger partial charge in [-0.3, -0.25) is 4.72 Å². The molecule has 8 heteroatoms. The highest BCUT2D eigenvalue weighted by Gasteiger charge is 2.17. The number of hydrogen-bond acceptors (Lipinski definition) is 4. The molecule has 0 aliphatic heterocycles. The van der Waals surface area contributed by atoms with Crippen LogP contribution in [0.1, 0.15) is 0 Å². The SMILES string of the molecule is Cn1cnc2cc(NS(=O)(=O)c3ccc(Cl)s3)ccc21. The van der Waals surface area contributed by atoms with Gasteiger partial charge in [0.05, 0.1) is 27.4 Å². The summed E-state index contributed by atoms with van der Waals surface area (Å²) in [5.41, 5.74) is 2.14. The molecule has 1 N–H and O–H groups in total. The largest absolute Gasteiger partial charge is 0.334 e. The van der Waals surface area contributed by atoms with Gasteiger partial charge in [-0.15, -0.1) is 11.3 Å². The summed E-state index contributed by atoms with van der Waals surface area (Å²) in [6.07, 6.45) is 1.68. The molecule has 2 aromatic heterocycles. The Balaban J connectivity index is 1.96. The van der Waals surface area contributed by atoms with Crippen LogP contribution in [0.15, 0.2) is 40.9 Å². The van der Waals surface area contributed by atoms with Crippen molar-refractivity contribution in [3.05, 3.63) is 41.0 Å². The Labute approximate surface area is 124 Å². The topological polar surface area (TPSA) is 64.0 Å². The first-order valence-corrected chi connectivity index (χ1v) is 8.33. The smallest absolute Gasteiger partial charge is 0.271 e. The Kier molecular flexibility index (Phi) is 3.19. The van der Waals surface area contributed by atoms with Gasteiger partial charge in [-0.05, 0) is 30.3 Å². The Bertz CT molecular complexity index is 883. The van der Waals surface area contributed by atoms with Crippen LogP contribution < -0.4 is 4.72 Å². The van der Waals surface area contributed by atoms with Gasteiger partial charge < -0.3 is 4.57 Å². The fourth-order valence-electron chi connectivity index (χ4n) is 1.85. The van der Waals surface area contributed by atoms with Crippen LogP contribution in [-0.4, -0.2) is 18.0 Å². The number of thiophene rings is 1. The van der Waals surface area contributed by atoms with E-state index < -0.39 is 10.0 Å². The fourth-order valence-corrected chi connectivity index (χ4v) is 4.38. The number of fused-ring (bicyclic) bond motifs is 1. The molecule has 0 bridgehead atoms. The first-order chi connectivity index (χ1) is 9.45. The lowest BCUT2D eigenvalue weighted by molar-refractivity contribution is 0.603. The zero-order valence-corrected chi connectivity index (χ0v) is 12.8. The number of aryl methyl sites for hydroxylation is 1. The molecule has 20 heavy (non-hydrogen) atoms. The average Bonchev–Trinajstić information content (AvgIpc) is 2.96. The first-order valence-electron chi connectivity index (χ1n) is 5.65. The summed E-state index contributed by atoms with van der Waals surface area (Å²) in [6.45, 7) is 0. The summed E-state index contributed by atoms with van der Waals surface area (Å²) in [5, 5.41) is 0. The van der Waals surface area contributed by atoms with Crippen molar-refractivity contribution < 1.29 is 8.42 Å². The molecule has 3 aromatic rings. The van der Waals surface area contributed by atoms with Crippen molar-refractivity contribution in [3.8, 4) is 0 Å². The standard InChI is InChI=1S/C12H10ClN3O2S2/c1-16-7-14-9-6-8(2-3-10(9)16)15-20(17,18)12-5-4-11(13)19-12/h2-7,15H,1H3. The van der Waals surface area contributed by atoms with E-state index in [1.54, 1.807) is 24.5 Å². The zero-order valence-electron chi connectivity index (χ0n) is 10.4. The van der Waals surface area contributed by atoms with Crippen molar-refractivity contribution in [3.63, 3.8) is 0 Å². The highest BCUT2D eigenvalue weighted by Crippen LogP contribution is 2.27. The van der Waals surface area contributed by atoms with Gasteiger partial charge in [0, 0.05) is 7.05 Å². The number of halogens is 1. The van der Waals surface area contributed by atoms with Gasteiger partial charge in [-0.1, -0.05) is 11.6 Å². The van der Waals surface area contributed by atoms with E-state index in [0.29, 0.717) is 10.0 Å². The number of aromatic nitrogens is 2. The van der Waals surface area contributed by atoms with Crippen LogP contribution in [0.5, 0.6) is 0 Å². The molecule has 0 saturated heterocycles. The van der Waals surface area contributed by atoms with Crippen molar-refractivity contribution >= 4 is 49.7 Å². The predicted molar refractivity (Wildman–Crippen MR) is 80.9 cm³/mol. The summed E-state index contributed by atoms with van der Waals surface area (Å²) in [5.74, 6) is 0. The Hall–Kier alpha value is -1.57. The third kappa shape index (κ3) is 2.39. The molecule has 0 aliphatic carbocycles. The van der Waals surface area contributed by atoms with Gasteiger partial charge in [0.2, 0.25) is 0 Å². The third-order valence-corrected chi connectivity index (χ3v) is 5.90. The second kappa shape index (κ2) is 4.76. The van der Waals surface area contributed by atoms with Crippen LogP contribution in [0, 0.1) is 0 Å². The second-order valence-corrected chi connectivity index (χ2v) is 7.85. The van der Waals surface area contributed by atoms with E-state index in [0.717, 1.165) is 22.4 Å². The number of nitrogens with zero attached hydrogens (tertiary/aromatic N) is 2. The van der Waals surface area contributed by atoms with Crippen molar-refractivity contribution in [1.29, 1.82) is 0 Å². The average molecular weight is 328 g/mol. The summed E-state index contributed by atoms with van der Waals surface area (Å²) in [6, 6.07) is 8.26. The van der Waals surface area contributed by atoms with Crippen molar-refractivity contribution in [2.45, 2.75) is 4.21 Å². The number of imidazole rings is 1.